The van der Waals surface area contributed by atoms with Crippen molar-refractivity contribution in [2.45, 2.75) is 90.3 Å². The van der Waals surface area contributed by atoms with Crippen LogP contribution in [-0.4, -0.2) is 41.4 Å². The molecule has 0 bridgehead atoms. The summed E-state index contributed by atoms with van der Waals surface area (Å²) in [5, 5.41) is 19.9. The van der Waals surface area contributed by atoms with Gasteiger partial charge in [0, 0.05) is 36.6 Å². The van der Waals surface area contributed by atoms with Crippen LogP contribution in [0.3, 0.4) is 0 Å². The Hall–Kier alpha value is -0.940. The predicted octanol–water partition coefficient (Wildman–Crippen LogP) is 3.69. The minimum Gasteiger partial charge on any atom is -0.391 e. The molecule has 1 heterocycles. The molecule has 5 fully saturated rings. The van der Waals surface area contributed by atoms with Gasteiger partial charge in [0.05, 0.1) is 11.3 Å². The third-order valence-corrected chi connectivity index (χ3v) is 10.1. The van der Waals surface area contributed by atoms with Crippen molar-refractivity contribution in [2.24, 2.45) is 39.7 Å². The molecule has 0 unspecified atom stereocenters. The second kappa shape index (κ2) is 6.78. The summed E-state index contributed by atoms with van der Waals surface area (Å²) >= 11 is 0. The lowest BCUT2D eigenvalue weighted by atomic mass is 9.41. The van der Waals surface area contributed by atoms with Crippen LogP contribution in [0, 0.1) is 34.5 Å². The van der Waals surface area contributed by atoms with Crippen molar-refractivity contribution in [1.29, 1.82) is 0 Å². The van der Waals surface area contributed by atoms with Crippen molar-refractivity contribution in [1.82, 2.24) is 5.32 Å². The molecule has 0 radical (unpaired) electrons. The Balaban J connectivity index is 1.39. The van der Waals surface area contributed by atoms with Crippen LogP contribution in [0.25, 0.3) is 0 Å². The van der Waals surface area contributed by atoms with E-state index in [-0.39, 0.29) is 22.9 Å². The number of fused-ring (bicyclic) bond motifs is 5. The summed E-state index contributed by atoms with van der Waals surface area (Å²) < 4.78 is 0. The Bertz CT molecular complexity index is 717. The monoisotopic (exact) mass is 402 g/mol. The van der Waals surface area contributed by atoms with Gasteiger partial charge in [-0.05, 0) is 68.7 Å². The van der Waals surface area contributed by atoms with E-state index in [1.165, 1.54) is 0 Å². The van der Waals surface area contributed by atoms with Gasteiger partial charge in [-0.25, -0.2) is 0 Å². The summed E-state index contributed by atoms with van der Waals surface area (Å²) in [6.45, 7) is 8.69. The van der Waals surface area contributed by atoms with Crippen LogP contribution in [0.5, 0.6) is 0 Å². The zero-order valence-corrected chi connectivity index (χ0v) is 18.4. The van der Waals surface area contributed by atoms with Gasteiger partial charge in [0.25, 0.3) is 0 Å². The lowest BCUT2D eigenvalue weighted by Gasteiger charge is -2.65. The van der Waals surface area contributed by atoms with E-state index in [1.807, 2.05) is 0 Å². The van der Waals surface area contributed by atoms with E-state index in [2.05, 4.69) is 31.2 Å². The minimum atomic E-state index is -0.709. The fourth-order valence-corrected chi connectivity index (χ4v) is 8.19. The number of hydrogen-bond donors (Lipinski definition) is 2. The van der Waals surface area contributed by atoms with Crippen LogP contribution >= 0.6 is 0 Å². The molecule has 2 N–H and O–H groups in total. The zero-order chi connectivity index (χ0) is 20.4. The highest BCUT2D eigenvalue weighted by Gasteiger charge is 2.66. The Morgan fingerprint density at radius 1 is 1.14 bits per heavy atom. The van der Waals surface area contributed by atoms with Gasteiger partial charge in [-0.15, -0.1) is 0 Å². The molecule has 8 atom stereocenters. The molecule has 0 aromatic heterocycles. The fraction of sp³-hybridized carbons (Fsp3) is 0.917. The van der Waals surface area contributed by atoms with Crippen molar-refractivity contribution in [2.75, 3.05) is 13.1 Å². The molecule has 5 rings (SSSR count). The highest BCUT2D eigenvalue weighted by molar-refractivity contribution is 5.87. The first-order valence-corrected chi connectivity index (χ1v) is 12.0. The Labute approximate surface area is 175 Å². The standard InChI is InChI=1S/C24H38N2O3/c1-15-12-18-19-4-5-21(27)22(19,2)9-7-20(18)23(3)10-6-16(13-24(15,23)28)26-29-17-8-11-25-14-17/h15,17-20,25,28H,4-14H2,1-3H3/b26-16-/t15-,17+,18-,19-,20-,22-,23+,24-/m0/s1. The van der Waals surface area contributed by atoms with Crippen LogP contribution in [0.1, 0.15) is 78.6 Å². The van der Waals surface area contributed by atoms with E-state index >= 15 is 0 Å². The van der Waals surface area contributed by atoms with Crippen LogP contribution in [0.4, 0.5) is 0 Å². The summed E-state index contributed by atoms with van der Waals surface area (Å²) in [5.74, 6) is 2.35. The number of nitrogens with one attached hydrogen (secondary N) is 1. The summed E-state index contributed by atoms with van der Waals surface area (Å²) in [5.41, 5.74) is 0.144. The molecule has 5 aliphatic rings. The van der Waals surface area contributed by atoms with Gasteiger partial charge >= 0.3 is 0 Å². The van der Waals surface area contributed by atoms with Gasteiger partial charge in [0.15, 0.2) is 0 Å². The number of carbonyl (C=O) groups is 1. The molecule has 1 aliphatic heterocycles. The van der Waals surface area contributed by atoms with Crippen molar-refractivity contribution in [3.63, 3.8) is 0 Å². The van der Waals surface area contributed by atoms with Crippen molar-refractivity contribution < 1.29 is 14.7 Å². The number of ketones is 1. The van der Waals surface area contributed by atoms with E-state index in [0.717, 1.165) is 70.2 Å². The third-order valence-electron chi connectivity index (χ3n) is 10.1. The normalized spacial score (nSPS) is 53.4. The average molecular weight is 403 g/mol. The first-order valence-electron chi connectivity index (χ1n) is 12.0. The fourth-order valence-electron chi connectivity index (χ4n) is 8.19. The van der Waals surface area contributed by atoms with Crippen LogP contribution in [-0.2, 0) is 9.63 Å². The lowest BCUT2D eigenvalue weighted by molar-refractivity contribution is -0.214. The van der Waals surface area contributed by atoms with Gasteiger partial charge in [-0.1, -0.05) is 25.9 Å². The zero-order valence-electron chi connectivity index (χ0n) is 18.4. The highest BCUT2D eigenvalue weighted by atomic mass is 16.6. The quantitative estimate of drug-likeness (QED) is 0.691. The second-order valence-corrected chi connectivity index (χ2v) is 11.3. The number of Topliss-reactive ketones (excluding diaryl/α,β-unsaturated/α-hetero) is 1. The maximum absolute atomic E-state index is 12.7. The molecule has 0 aromatic rings. The maximum Gasteiger partial charge on any atom is 0.141 e. The van der Waals surface area contributed by atoms with Gasteiger partial charge < -0.3 is 15.3 Å². The smallest absolute Gasteiger partial charge is 0.141 e. The molecule has 0 spiro atoms. The molecule has 4 aliphatic carbocycles. The van der Waals surface area contributed by atoms with Crippen LogP contribution < -0.4 is 5.32 Å². The number of rotatable bonds is 2. The molecule has 4 saturated carbocycles. The molecule has 162 valence electrons. The van der Waals surface area contributed by atoms with Gasteiger partial charge in [-0.3, -0.25) is 4.79 Å². The third kappa shape index (κ3) is 2.79. The topological polar surface area (TPSA) is 70.9 Å². The first kappa shape index (κ1) is 20.0. The summed E-state index contributed by atoms with van der Waals surface area (Å²) in [4.78, 5) is 18.5. The average Bonchev–Trinajstić information content (AvgIpc) is 3.31. The SMILES string of the molecule is C[C@H]1C[C@H]2[C@@H]3CCC(=O)[C@@]3(C)CC[C@@H]2[C@@]2(C)CC/C(=N/O[C@@H]3CCNC3)C[C@]12O. The Morgan fingerprint density at radius 2 is 1.97 bits per heavy atom. The van der Waals surface area contributed by atoms with Crippen molar-refractivity contribution in [3.05, 3.63) is 0 Å². The Kier molecular flexibility index (Phi) is 4.67. The van der Waals surface area contributed by atoms with Gasteiger partial charge in [0.2, 0.25) is 0 Å². The van der Waals surface area contributed by atoms with E-state index in [0.29, 0.717) is 30.0 Å². The second-order valence-electron chi connectivity index (χ2n) is 11.3. The molecule has 29 heavy (non-hydrogen) atoms. The van der Waals surface area contributed by atoms with Crippen molar-refractivity contribution in [3.8, 4) is 0 Å². The highest BCUT2D eigenvalue weighted by Crippen LogP contribution is 2.67. The van der Waals surface area contributed by atoms with Gasteiger partial charge in [-0.2, -0.15) is 0 Å². The van der Waals surface area contributed by atoms with E-state index < -0.39 is 5.60 Å². The van der Waals surface area contributed by atoms with Crippen LogP contribution in [0.15, 0.2) is 5.16 Å². The lowest BCUT2D eigenvalue weighted by Crippen LogP contribution is -2.65. The number of carbonyl (C=O) groups excluding carboxylic acids is 1. The Morgan fingerprint density at radius 3 is 2.72 bits per heavy atom. The van der Waals surface area contributed by atoms with Gasteiger partial charge in [0.1, 0.15) is 11.9 Å². The first-order chi connectivity index (χ1) is 13.8. The predicted molar refractivity (Wildman–Crippen MR) is 113 cm³/mol. The van der Waals surface area contributed by atoms with E-state index in [1.54, 1.807) is 0 Å². The number of aliphatic hydroxyl groups is 1. The molecular formula is C24H38N2O3. The summed E-state index contributed by atoms with van der Waals surface area (Å²) in [6, 6.07) is 0. The molecular weight excluding hydrogens is 364 g/mol. The van der Waals surface area contributed by atoms with Crippen molar-refractivity contribution >= 4 is 11.5 Å². The molecule has 1 saturated heterocycles. The number of oxime groups is 1. The van der Waals surface area contributed by atoms with E-state index in [9.17, 15) is 9.90 Å². The van der Waals surface area contributed by atoms with E-state index in [4.69, 9.17) is 4.84 Å². The molecule has 5 nitrogen and oxygen atoms in total. The minimum absolute atomic E-state index is 0.0871. The largest absolute Gasteiger partial charge is 0.391 e. The van der Waals surface area contributed by atoms with Crippen LogP contribution in [0.2, 0.25) is 0 Å². The molecule has 0 aromatic carbocycles. The summed E-state index contributed by atoms with van der Waals surface area (Å²) in [7, 11) is 0. The summed E-state index contributed by atoms with van der Waals surface area (Å²) in [6.07, 6.45) is 8.72. The molecule has 0 amide bonds. The molecule has 5 heteroatoms. The number of nitrogens with zero attached hydrogens (tertiary/aromatic N) is 1. The number of hydrogen-bond acceptors (Lipinski definition) is 5. The maximum atomic E-state index is 12.7.